The van der Waals surface area contributed by atoms with E-state index in [0.29, 0.717) is 18.2 Å². The molecular weight excluding hydrogens is 357 g/mol. The number of benzene rings is 2. The minimum atomic E-state index is -0.266. The van der Waals surface area contributed by atoms with Gasteiger partial charge in [0.25, 0.3) is 0 Å². The number of aryl methyl sites for hydroxylation is 2. The molecule has 2 aromatic carbocycles. The van der Waals surface area contributed by atoms with Crippen molar-refractivity contribution in [1.29, 1.82) is 0 Å². The van der Waals surface area contributed by atoms with Crippen LogP contribution < -0.4 is 10.6 Å². The third-order valence-corrected chi connectivity index (χ3v) is 4.93. The fourth-order valence-corrected chi connectivity index (χ4v) is 3.21. The lowest BCUT2D eigenvalue weighted by Crippen LogP contribution is -2.41. The summed E-state index contributed by atoms with van der Waals surface area (Å²) in [6, 6.07) is 12.7. The molecule has 0 spiro atoms. The predicted molar refractivity (Wildman–Crippen MR) is 107 cm³/mol. The molecule has 1 saturated carbocycles. The van der Waals surface area contributed by atoms with Gasteiger partial charge in [0.05, 0.1) is 13.1 Å². The maximum atomic E-state index is 13.9. The highest BCUT2D eigenvalue weighted by atomic mass is 19.1. The fourth-order valence-electron chi connectivity index (χ4n) is 3.21. The Morgan fingerprint density at radius 1 is 1.04 bits per heavy atom. The molecule has 1 fully saturated rings. The molecule has 2 amide bonds. The van der Waals surface area contributed by atoms with Gasteiger partial charge >= 0.3 is 0 Å². The van der Waals surface area contributed by atoms with Crippen molar-refractivity contribution in [1.82, 2.24) is 10.2 Å². The largest absolute Gasteiger partial charge is 0.346 e. The minimum absolute atomic E-state index is 0.0924. The smallest absolute Gasteiger partial charge is 0.243 e. The van der Waals surface area contributed by atoms with Crippen LogP contribution in [0, 0.1) is 19.7 Å². The Labute approximate surface area is 164 Å². The minimum Gasteiger partial charge on any atom is -0.346 e. The number of hydrogen-bond donors (Lipinski definition) is 2. The Balaban J connectivity index is 1.51. The molecule has 0 radical (unpaired) electrons. The van der Waals surface area contributed by atoms with Gasteiger partial charge in [0.15, 0.2) is 0 Å². The Morgan fingerprint density at radius 3 is 2.36 bits per heavy atom. The first kappa shape index (κ1) is 20.0. The topological polar surface area (TPSA) is 61.4 Å². The van der Waals surface area contributed by atoms with Gasteiger partial charge in [-0.2, -0.15) is 0 Å². The van der Waals surface area contributed by atoms with E-state index in [0.717, 1.165) is 29.7 Å². The van der Waals surface area contributed by atoms with Gasteiger partial charge < -0.3 is 10.6 Å². The molecule has 0 atom stereocenters. The quantitative estimate of drug-likeness (QED) is 0.736. The lowest BCUT2D eigenvalue weighted by molar-refractivity contribution is -0.125. The lowest BCUT2D eigenvalue weighted by atomic mass is 10.1. The number of carbonyl (C=O) groups is 2. The van der Waals surface area contributed by atoms with Gasteiger partial charge in [0, 0.05) is 23.8 Å². The van der Waals surface area contributed by atoms with E-state index in [4.69, 9.17) is 0 Å². The highest BCUT2D eigenvalue weighted by molar-refractivity contribution is 5.95. The van der Waals surface area contributed by atoms with Crippen molar-refractivity contribution >= 4 is 17.5 Å². The molecule has 5 nitrogen and oxygen atoms in total. The molecule has 0 bridgehead atoms. The molecule has 2 aromatic rings. The van der Waals surface area contributed by atoms with Gasteiger partial charge in [0.2, 0.25) is 11.8 Å². The molecule has 1 aliphatic rings. The van der Waals surface area contributed by atoms with Gasteiger partial charge in [0.1, 0.15) is 5.82 Å². The monoisotopic (exact) mass is 383 g/mol. The summed E-state index contributed by atoms with van der Waals surface area (Å²) in [4.78, 5) is 26.5. The van der Waals surface area contributed by atoms with Crippen LogP contribution in [0.15, 0.2) is 42.5 Å². The molecular formula is C22H26FN3O2. The molecule has 148 valence electrons. The first-order valence-corrected chi connectivity index (χ1v) is 9.54. The zero-order valence-electron chi connectivity index (χ0n) is 16.3. The van der Waals surface area contributed by atoms with E-state index in [1.165, 1.54) is 6.07 Å². The third-order valence-electron chi connectivity index (χ3n) is 4.93. The van der Waals surface area contributed by atoms with Crippen molar-refractivity contribution < 1.29 is 14.0 Å². The maximum Gasteiger partial charge on any atom is 0.243 e. The zero-order valence-corrected chi connectivity index (χ0v) is 16.3. The number of para-hydroxylation sites is 1. The van der Waals surface area contributed by atoms with Crippen molar-refractivity contribution in [3.8, 4) is 0 Å². The van der Waals surface area contributed by atoms with Gasteiger partial charge in [-0.1, -0.05) is 36.4 Å². The summed E-state index contributed by atoms with van der Waals surface area (Å²) < 4.78 is 13.9. The highest BCUT2D eigenvalue weighted by Gasteiger charge is 2.30. The summed E-state index contributed by atoms with van der Waals surface area (Å²) >= 11 is 0. The van der Waals surface area contributed by atoms with Crippen molar-refractivity contribution in [2.45, 2.75) is 39.3 Å². The number of carbonyl (C=O) groups excluding carboxylic acids is 2. The number of nitrogens with one attached hydrogen (secondary N) is 2. The number of hydrogen-bond acceptors (Lipinski definition) is 3. The van der Waals surface area contributed by atoms with Crippen LogP contribution in [-0.4, -0.2) is 35.8 Å². The Bertz CT molecular complexity index is 844. The Hall–Kier alpha value is -2.73. The van der Waals surface area contributed by atoms with Crippen LogP contribution in [0.1, 0.15) is 29.5 Å². The predicted octanol–water partition coefficient (Wildman–Crippen LogP) is 3.16. The molecule has 1 aliphatic carbocycles. The maximum absolute atomic E-state index is 13.9. The zero-order chi connectivity index (χ0) is 20.1. The average molecular weight is 383 g/mol. The third kappa shape index (κ3) is 5.39. The molecule has 6 heteroatoms. The number of halogens is 1. The van der Waals surface area contributed by atoms with E-state index < -0.39 is 0 Å². The number of amides is 2. The number of anilines is 1. The second kappa shape index (κ2) is 8.97. The number of nitrogens with zero attached hydrogens (tertiary/aromatic N) is 1. The SMILES string of the molecule is Cc1cccc(C)c1NC(=O)CNC(=O)CN(Cc1ccccc1F)C1CC1. The van der Waals surface area contributed by atoms with Gasteiger partial charge in [-0.15, -0.1) is 0 Å². The second-order valence-electron chi connectivity index (χ2n) is 7.32. The van der Waals surface area contributed by atoms with Gasteiger partial charge in [-0.3, -0.25) is 14.5 Å². The fraction of sp³-hybridized carbons (Fsp3) is 0.364. The standard InChI is InChI=1S/C22H26FN3O2/c1-15-6-5-7-16(2)22(15)25-20(27)12-24-21(28)14-26(18-10-11-18)13-17-8-3-4-9-19(17)23/h3-9,18H,10-14H2,1-2H3,(H,24,28)(H,25,27). The average Bonchev–Trinajstić information content (AvgIpc) is 3.49. The molecule has 0 saturated heterocycles. The lowest BCUT2D eigenvalue weighted by Gasteiger charge is -2.21. The Morgan fingerprint density at radius 2 is 1.71 bits per heavy atom. The van der Waals surface area contributed by atoms with E-state index in [1.54, 1.807) is 18.2 Å². The van der Waals surface area contributed by atoms with Crippen molar-refractivity contribution in [3.63, 3.8) is 0 Å². The molecule has 0 unspecified atom stereocenters. The van der Waals surface area contributed by atoms with E-state index in [-0.39, 0.29) is 30.7 Å². The van der Waals surface area contributed by atoms with E-state index >= 15 is 0 Å². The number of rotatable bonds is 8. The summed E-state index contributed by atoms with van der Waals surface area (Å²) in [7, 11) is 0. The molecule has 0 aliphatic heterocycles. The van der Waals surface area contributed by atoms with E-state index in [1.807, 2.05) is 36.9 Å². The first-order valence-electron chi connectivity index (χ1n) is 9.54. The summed E-state index contributed by atoms with van der Waals surface area (Å²) in [6.07, 6.45) is 2.02. The second-order valence-corrected chi connectivity index (χ2v) is 7.32. The van der Waals surface area contributed by atoms with Crippen molar-refractivity contribution in [2.24, 2.45) is 0 Å². The van der Waals surface area contributed by atoms with Crippen LogP contribution in [0.2, 0.25) is 0 Å². The summed E-state index contributed by atoms with van der Waals surface area (Å²) in [5.74, 6) is -0.765. The van der Waals surface area contributed by atoms with Crippen LogP contribution in [0.4, 0.5) is 10.1 Å². The molecule has 28 heavy (non-hydrogen) atoms. The summed E-state index contributed by atoms with van der Waals surface area (Å²) in [5, 5.41) is 5.52. The van der Waals surface area contributed by atoms with Gasteiger partial charge in [-0.25, -0.2) is 4.39 Å². The van der Waals surface area contributed by atoms with Crippen molar-refractivity contribution in [2.75, 3.05) is 18.4 Å². The van der Waals surface area contributed by atoms with Crippen molar-refractivity contribution in [3.05, 3.63) is 65.0 Å². The normalized spacial score (nSPS) is 13.4. The van der Waals surface area contributed by atoms with Crippen LogP contribution >= 0.6 is 0 Å². The molecule has 0 aromatic heterocycles. The summed E-state index contributed by atoms with van der Waals surface area (Å²) in [5.41, 5.74) is 3.31. The van der Waals surface area contributed by atoms with Gasteiger partial charge in [-0.05, 0) is 43.9 Å². The molecule has 0 heterocycles. The molecule has 3 rings (SSSR count). The first-order chi connectivity index (χ1) is 13.4. The molecule has 2 N–H and O–H groups in total. The van der Waals surface area contributed by atoms with Crippen LogP contribution in [0.3, 0.4) is 0 Å². The van der Waals surface area contributed by atoms with E-state index in [2.05, 4.69) is 10.6 Å². The van der Waals surface area contributed by atoms with Crippen LogP contribution in [0.25, 0.3) is 0 Å². The highest BCUT2D eigenvalue weighted by Crippen LogP contribution is 2.28. The Kier molecular flexibility index (Phi) is 6.41. The van der Waals surface area contributed by atoms with Crippen LogP contribution in [0.5, 0.6) is 0 Å². The summed E-state index contributed by atoms with van der Waals surface area (Å²) in [6.45, 7) is 4.30. The van der Waals surface area contributed by atoms with Crippen LogP contribution in [-0.2, 0) is 16.1 Å². The van der Waals surface area contributed by atoms with E-state index in [9.17, 15) is 14.0 Å².